The number of fused-ring (bicyclic) bond motifs is 2. The molecule has 10 rings (SSSR count). The fraction of sp³-hybridized carbons (Fsp3) is 0.310. The number of imide groups is 1. The number of ether oxygens (including phenoxy) is 11. The van der Waals surface area contributed by atoms with E-state index in [1.54, 1.807) is 61.7 Å². The van der Waals surface area contributed by atoms with E-state index in [1.165, 1.54) is 4.90 Å². The van der Waals surface area contributed by atoms with Gasteiger partial charge in [0.2, 0.25) is 6.29 Å². The Morgan fingerprint density at radius 3 is 1.74 bits per heavy atom. The SMILES string of the molecule is C=CCO[C@@H]1[C@H](OCc2ccccc2)[C@H](O[C@H]2[C@H](OCc3ccccc3)[C@@H](N3C(=O)c4ccccc4C3=O)[C@H](Oc3ccc(OC)cc3)O[C@@H]2COCc2ccccc2)O[C@@H]2CO[C@@H](c3ccccc3)O[C@@H]12. The van der Waals surface area contributed by atoms with E-state index in [0.29, 0.717) is 11.5 Å². The predicted octanol–water partition coefficient (Wildman–Crippen LogP) is 8.65. The number of nitrogens with zero attached hydrogens (tertiary/aromatic N) is 1. The minimum Gasteiger partial charge on any atom is -0.497 e. The average molecular weight is 976 g/mol. The fourth-order valence-electron chi connectivity index (χ4n) is 9.55. The monoisotopic (exact) mass is 975 g/mol. The molecule has 0 N–H and O–H groups in total. The van der Waals surface area contributed by atoms with E-state index in [4.69, 9.17) is 52.1 Å². The smallest absolute Gasteiger partial charge is 0.262 e. The second-order valence-corrected chi connectivity index (χ2v) is 17.8. The number of hydrogen-bond donors (Lipinski definition) is 0. The van der Waals surface area contributed by atoms with E-state index in [1.807, 2.05) is 121 Å². The van der Waals surface area contributed by atoms with Crippen LogP contribution >= 0.6 is 0 Å². The summed E-state index contributed by atoms with van der Waals surface area (Å²) >= 11 is 0. The summed E-state index contributed by atoms with van der Waals surface area (Å²) in [5.41, 5.74) is 3.97. The lowest BCUT2D eigenvalue weighted by atomic mass is 9.93. The van der Waals surface area contributed by atoms with E-state index < -0.39 is 79.5 Å². The molecule has 3 fully saturated rings. The number of carbonyl (C=O) groups excluding carboxylic acids is 2. The van der Waals surface area contributed by atoms with Crippen molar-refractivity contribution < 1.29 is 61.7 Å². The van der Waals surface area contributed by atoms with Gasteiger partial charge in [0.1, 0.15) is 60.3 Å². The van der Waals surface area contributed by atoms with Crippen molar-refractivity contribution in [1.29, 1.82) is 0 Å². The first kappa shape index (κ1) is 49.0. The molecule has 0 aliphatic carbocycles. The van der Waals surface area contributed by atoms with Gasteiger partial charge in [0, 0.05) is 5.56 Å². The number of benzene rings is 6. The summed E-state index contributed by atoms with van der Waals surface area (Å²) in [6.07, 6.45) is -7.97. The second-order valence-electron chi connectivity index (χ2n) is 17.8. The van der Waals surface area contributed by atoms with Crippen molar-refractivity contribution in [2.75, 3.05) is 26.9 Å². The quantitative estimate of drug-likeness (QED) is 0.0534. The van der Waals surface area contributed by atoms with Crippen LogP contribution in [-0.2, 0) is 62.5 Å². The highest BCUT2D eigenvalue weighted by Gasteiger charge is 2.59. The molecule has 3 saturated heterocycles. The Morgan fingerprint density at radius 1 is 0.583 bits per heavy atom. The summed E-state index contributed by atoms with van der Waals surface area (Å²) in [5.74, 6) is -0.0907. The van der Waals surface area contributed by atoms with Crippen LogP contribution in [0.25, 0.3) is 0 Å². The molecule has 14 heteroatoms. The first-order chi connectivity index (χ1) is 35.4. The van der Waals surface area contributed by atoms with Crippen molar-refractivity contribution in [2.24, 2.45) is 0 Å². The Hall–Kier alpha value is -6.56. The minimum absolute atomic E-state index is 0.0439. The molecule has 0 aromatic heterocycles. The summed E-state index contributed by atoms with van der Waals surface area (Å²) in [7, 11) is 1.57. The zero-order valence-electron chi connectivity index (χ0n) is 39.8. The molecule has 4 heterocycles. The molecule has 6 aromatic carbocycles. The summed E-state index contributed by atoms with van der Waals surface area (Å²) < 4.78 is 73.8. The summed E-state index contributed by atoms with van der Waals surface area (Å²) in [6, 6.07) is 51.2. The van der Waals surface area contributed by atoms with Crippen LogP contribution < -0.4 is 9.47 Å². The Morgan fingerprint density at radius 2 is 1.14 bits per heavy atom. The Balaban J connectivity index is 1.07. The Labute approximate surface area is 418 Å². The van der Waals surface area contributed by atoms with Crippen LogP contribution in [0.1, 0.15) is 49.3 Å². The second kappa shape index (κ2) is 23.3. The van der Waals surface area contributed by atoms with Crippen molar-refractivity contribution in [3.63, 3.8) is 0 Å². The maximum absolute atomic E-state index is 14.8. The van der Waals surface area contributed by atoms with Gasteiger partial charge in [0.15, 0.2) is 12.6 Å². The van der Waals surface area contributed by atoms with E-state index >= 15 is 0 Å². The Kier molecular flexibility index (Phi) is 15.9. The van der Waals surface area contributed by atoms with Crippen molar-refractivity contribution in [1.82, 2.24) is 4.90 Å². The van der Waals surface area contributed by atoms with Crippen LogP contribution in [0, 0.1) is 0 Å². The lowest BCUT2D eigenvalue weighted by Crippen LogP contribution is -2.70. The van der Waals surface area contributed by atoms with Gasteiger partial charge >= 0.3 is 0 Å². The van der Waals surface area contributed by atoms with Gasteiger partial charge in [0.25, 0.3) is 11.8 Å². The summed E-state index contributed by atoms with van der Waals surface area (Å²) in [4.78, 5) is 30.7. The zero-order chi connectivity index (χ0) is 49.2. The van der Waals surface area contributed by atoms with Crippen LogP contribution in [0.3, 0.4) is 0 Å². The molecule has 2 amide bonds. The van der Waals surface area contributed by atoms with Crippen LogP contribution in [0.4, 0.5) is 0 Å². The third kappa shape index (κ3) is 11.1. The van der Waals surface area contributed by atoms with Gasteiger partial charge in [-0.25, -0.2) is 0 Å². The van der Waals surface area contributed by atoms with Crippen molar-refractivity contribution in [3.05, 3.63) is 216 Å². The molecule has 0 spiro atoms. The average Bonchev–Trinajstić information content (AvgIpc) is 3.68. The lowest BCUT2D eigenvalue weighted by Gasteiger charge is -2.52. The number of carbonyl (C=O) groups is 2. The van der Waals surface area contributed by atoms with Crippen molar-refractivity contribution in [2.45, 2.75) is 87.5 Å². The van der Waals surface area contributed by atoms with Gasteiger partial charge < -0.3 is 52.1 Å². The van der Waals surface area contributed by atoms with Crippen LogP contribution in [0.5, 0.6) is 11.5 Å². The summed E-state index contributed by atoms with van der Waals surface area (Å²) in [6.45, 7) is 4.64. The molecule has 372 valence electrons. The van der Waals surface area contributed by atoms with Gasteiger partial charge in [-0.05, 0) is 53.1 Å². The van der Waals surface area contributed by atoms with E-state index in [2.05, 4.69) is 6.58 Å². The number of amides is 2. The molecule has 11 atom stereocenters. The van der Waals surface area contributed by atoms with Crippen molar-refractivity contribution >= 4 is 11.8 Å². The molecular formula is C58H57NO13. The molecule has 6 aromatic rings. The fourth-order valence-corrected chi connectivity index (χ4v) is 9.55. The highest BCUT2D eigenvalue weighted by atomic mass is 16.8. The highest BCUT2D eigenvalue weighted by Crippen LogP contribution is 2.41. The molecule has 72 heavy (non-hydrogen) atoms. The molecule has 0 radical (unpaired) electrons. The number of hydrogen-bond acceptors (Lipinski definition) is 13. The maximum atomic E-state index is 14.8. The normalized spacial score (nSPS) is 26.9. The van der Waals surface area contributed by atoms with E-state index in [9.17, 15) is 9.59 Å². The predicted molar refractivity (Wildman–Crippen MR) is 263 cm³/mol. The van der Waals surface area contributed by atoms with Crippen molar-refractivity contribution in [3.8, 4) is 11.5 Å². The third-order valence-electron chi connectivity index (χ3n) is 13.1. The first-order valence-electron chi connectivity index (χ1n) is 24.2. The van der Waals surface area contributed by atoms with Gasteiger partial charge in [-0.2, -0.15) is 0 Å². The molecule has 0 saturated carbocycles. The lowest BCUT2D eigenvalue weighted by molar-refractivity contribution is -0.389. The van der Waals surface area contributed by atoms with Crippen LogP contribution in [0.2, 0.25) is 0 Å². The molecule has 4 aliphatic rings. The minimum atomic E-state index is -1.31. The largest absolute Gasteiger partial charge is 0.497 e. The topological polar surface area (TPSA) is 139 Å². The van der Waals surface area contributed by atoms with Gasteiger partial charge in [0.05, 0.1) is 57.9 Å². The van der Waals surface area contributed by atoms with E-state index in [0.717, 1.165) is 22.3 Å². The summed E-state index contributed by atoms with van der Waals surface area (Å²) in [5, 5.41) is 0. The molecule has 0 bridgehead atoms. The third-order valence-corrected chi connectivity index (χ3v) is 13.1. The van der Waals surface area contributed by atoms with Crippen LogP contribution in [0.15, 0.2) is 183 Å². The number of rotatable bonds is 20. The number of methoxy groups -OCH3 is 1. The van der Waals surface area contributed by atoms with Crippen LogP contribution in [-0.4, -0.2) is 105 Å². The van der Waals surface area contributed by atoms with E-state index in [-0.39, 0.29) is 50.8 Å². The molecule has 4 aliphatic heterocycles. The maximum Gasteiger partial charge on any atom is 0.262 e. The molecule has 0 unspecified atom stereocenters. The van der Waals surface area contributed by atoms with Gasteiger partial charge in [-0.15, -0.1) is 6.58 Å². The standard InChI is InChI=1S/C58H57NO13/c1-3-32-64-52-50-47(37-67-56(71-50)41-24-14-7-15-25-41)70-58(53(52)66-35-40-22-12-6-13-23-40)72-49-46(36-63-33-38-18-8-4-9-19-38)69-57(68-43-30-28-42(62-2)29-31-43)48(51(49)65-34-39-20-10-5-11-21-39)59-54(60)44-26-16-17-27-45(44)55(59)61/h3-31,46-53,56-58H,1,32-37H2,2H3/t46-,47-,48-,49-,50-,51-,52+,53+,56-,57-,58+/m1/s1. The Bertz CT molecular complexity index is 2660. The zero-order valence-corrected chi connectivity index (χ0v) is 39.8. The molecular weight excluding hydrogens is 919 g/mol. The van der Waals surface area contributed by atoms with Gasteiger partial charge in [-0.1, -0.05) is 140 Å². The highest BCUT2D eigenvalue weighted by molar-refractivity contribution is 6.21. The first-order valence-corrected chi connectivity index (χ1v) is 24.2. The van der Waals surface area contributed by atoms with Gasteiger partial charge in [-0.3, -0.25) is 14.5 Å². The molecule has 14 nitrogen and oxygen atoms in total.